The maximum atomic E-state index is 12.9. The van der Waals surface area contributed by atoms with E-state index < -0.39 is 10.0 Å². The van der Waals surface area contributed by atoms with Gasteiger partial charge in [-0.25, -0.2) is 18.1 Å². The number of halogens is 1. The van der Waals surface area contributed by atoms with Crippen LogP contribution >= 0.6 is 34.3 Å². The summed E-state index contributed by atoms with van der Waals surface area (Å²) in [6.07, 6.45) is 1.80. The normalized spacial score (nSPS) is 15.7. The number of benzene rings is 2. The standard InChI is InChI=1S/C24H21ClN4O3S3/c25-19-5-3-18(4-6-19)23-17-34-24(29(23)26-16-21-2-1-15-33-21)27-20-7-9-22(10-8-20)35(30,31)28-11-13-32-14-12-28/h1-10,15-17H,11-14H2/b26-16+,27-24?. The van der Waals surface area contributed by atoms with Gasteiger partial charge in [0.25, 0.3) is 0 Å². The highest BCUT2D eigenvalue weighted by Crippen LogP contribution is 2.24. The summed E-state index contributed by atoms with van der Waals surface area (Å²) in [5, 5.41) is 9.34. The number of sulfonamides is 1. The highest BCUT2D eigenvalue weighted by molar-refractivity contribution is 7.89. The highest BCUT2D eigenvalue weighted by Gasteiger charge is 2.26. The Bertz CT molecular complexity index is 1480. The number of nitrogens with zero attached hydrogens (tertiary/aromatic N) is 4. The van der Waals surface area contributed by atoms with Gasteiger partial charge in [0.15, 0.2) is 0 Å². The molecule has 180 valence electrons. The minimum atomic E-state index is -3.55. The number of morpholine rings is 1. The summed E-state index contributed by atoms with van der Waals surface area (Å²) in [5.74, 6) is 0. The molecular formula is C24H21ClN4O3S3. The lowest BCUT2D eigenvalue weighted by atomic mass is 10.2. The summed E-state index contributed by atoms with van der Waals surface area (Å²) in [6, 6.07) is 18.1. The largest absolute Gasteiger partial charge is 0.379 e. The van der Waals surface area contributed by atoms with E-state index in [1.165, 1.54) is 15.6 Å². The molecular weight excluding hydrogens is 524 g/mol. The average Bonchev–Trinajstić information content (AvgIpc) is 3.54. The molecule has 5 rings (SSSR count). The minimum Gasteiger partial charge on any atom is -0.379 e. The third-order valence-corrected chi connectivity index (χ3v) is 9.13. The Kier molecular flexibility index (Phi) is 7.28. The van der Waals surface area contributed by atoms with E-state index in [4.69, 9.17) is 26.4 Å². The quantitative estimate of drug-likeness (QED) is 0.318. The first-order chi connectivity index (χ1) is 17.0. The zero-order chi connectivity index (χ0) is 24.3. The van der Waals surface area contributed by atoms with Gasteiger partial charge in [-0.1, -0.05) is 29.8 Å². The molecule has 1 aliphatic rings. The molecule has 0 bridgehead atoms. The lowest BCUT2D eigenvalue weighted by Crippen LogP contribution is -2.40. The second-order valence-electron chi connectivity index (χ2n) is 7.60. The Balaban J connectivity index is 1.50. The maximum Gasteiger partial charge on any atom is 0.243 e. The smallest absolute Gasteiger partial charge is 0.243 e. The first-order valence-electron chi connectivity index (χ1n) is 10.8. The topological polar surface area (TPSA) is 76.3 Å². The van der Waals surface area contributed by atoms with Gasteiger partial charge in [-0.15, -0.1) is 22.7 Å². The fraction of sp³-hybridized carbons (Fsp3) is 0.167. The number of hydrogen-bond donors (Lipinski definition) is 0. The van der Waals surface area contributed by atoms with Crippen molar-refractivity contribution in [2.45, 2.75) is 4.90 Å². The van der Waals surface area contributed by atoms with Crippen LogP contribution in [0.25, 0.3) is 11.3 Å². The van der Waals surface area contributed by atoms with Gasteiger partial charge in [-0.3, -0.25) is 0 Å². The van der Waals surface area contributed by atoms with Crippen molar-refractivity contribution in [2.24, 2.45) is 10.1 Å². The second-order valence-corrected chi connectivity index (χ2v) is 11.8. The van der Waals surface area contributed by atoms with Crippen LogP contribution < -0.4 is 4.80 Å². The molecule has 1 fully saturated rings. The molecule has 4 aromatic rings. The molecule has 1 saturated heterocycles. The van der Waals surface area contributed by atoms with E-state index in [0.29, 0.717) is 41.8 Å². The van der Waals surface area contributed by atoms with Gasteiger partial charge in [0.2, 0.25) is 14.8 Å². The van der Waals surface area contributed by atoms with Crippen LogP contribution in [0.15, 0.2) is 86.4 Å². The van der Waals surface area contributed by atoms with E-state index in [0.717, 1.165) is 16.1 Å². The van der Waals surface area contributed by atoms with Crippen molar-refractivity contribution >= 4 is 56.2 Å². The number of aromatic nitrogens is 1. The van der Waals surface area contributed by atoms with E-state index in [9.17, 15) is 8.42 Å². The van der Waals surface area contributed by atoms with E-state index in [2.05, 4.69) is 0 Å². The van der Waals surface area contributed by atoms with Crippen LogP contribution in [-0.4, -0.2) is 49.9 Å². The second kappa shape index (κ2) is 10.6. The van der Waals surface area contributed by atoms with Crippen molar-refractivity contribution < 1.29 is 13.2 Å². The zero-order valence-corrected chi connectivity index (χ0v) is 21.7. The Hall–Kier alpha value is -2.60. The molecule has 2 aromatic carbocycles. The van der Waals surface area contributed by atoms with Crippen molar-refractivity contribution in [1.29, 1.82) is 0 Å². The van der Waals surface area contributed by atoms with Crippen LogP contribution in [0.2, 0.25) is 5.02 Å². The lowest BCUT2D eigenvalue weighted by Gasteiger charge is -2.26. The predicted octanol–water partition coefficient (Wildman–Crippen LogP) is 5.07. The van der Waals surface area contributed by atoms with E-state index in [-0.39, 0.29) is 4.90 Å². The van der Waals surface area contributed by atoms with Crippen molar-refractivity contribution in [3.8, 4) is 11.3 Å². The van der Waals surface area contributed by atoms with Gasteiger partial charge in [-0.05, 0) is 47.8 Å². The van der Waals surface area contributed by atoms with Crippen LogP contribution in [0, 0.1) is 0 Å². The van der Waals surface area contributed by atoms with E-state index >= 15 is 0 Å². The monoisotopic (exact) mass is 544 g/mol. The van der Waals surface area contributed by atoms with Crippen LogP contribution in [0.4, 0.5) is 5.69 Å². The Morgan fingerprint density at radius 2 is 1.71 bits per heavy atom. The minimum absolute atomic E-state index is 0.245. The third kappa shape index (κ3) is 5.48. The molecule has 0 spiro atoms. The molecule has 0 saturated carbocycles. The summed E-state index contributed by atoms with van der Waals surface area (Å²) < 4.78 is 34.3. The SMILES string of the molecule is O=S(=O)(c1ccc(N=c2scc(-c3ccc(Cl)cc3)n2/N=C/c2cccs2)cc1)N1CCOCC1. The van der Waals surface area contributed by atoms with Crippen molar-refractivity contribution in [1.82, 2.24) is 8.98 Å². The highest BCUT2D eigenvalue weighted by atomic mass is 35.5. The molecule has 35 heavy (non-hydrogen) atoms. The van der Waals surface area contributed by atoms with Crippen LogP contribution in [0.5, 0.6) is 0 Å². The van der Waals surface area contributed by atoms with Gasteiger partial charge >= 0.3 is 0 Å². The van der Waals surface area contributed by atoms with Crippen LogP contribution in [0.1, 0.15) is 4.88 Å². The molecule has 0 aliphatic carbocycles. The fourth-order valence-corrected chi connectivity index (χ4v) is 6.50. The van der Waals surface area contributed by atoms with Gasteiger partial charge < -0.3 is 4.74 Å². The van der Waals surface area contributed by atoms with Gasteiger partial charge in [-0.2, -0.15) is 9.41 Å². The number of thiazole rings is 1. The molecule has 7 nitrogen and oxygen atoms in total. The van der Waals surface area contributed by atoms with Crippen molar-refractivity contribution in [2.75, 3.05) is 26.3 Å². The number of hydrogen-bond acceptors (Lipinski definition) is 7. The number of ether oxygens (including phenoxy) is 1. The molecule has 0 amide bonds. The third-order valence-electron chi connectivity index (χ3n) is 5.34. The lowest BCUT2D eigenvalue weighted by molar-refractivity contribution is 0.0730. The average molecular weight is 545 g/mol. The Labute approximate surface area is 216 Å². The predicted molar refractivity (Wildman–Crippen MR) is 141 cm³/mol. The summed E-state index contributed by atoms with van der Waals surface area (Å²) in [7, 11) is -3.55. The zero-order valence-electron chi connectivity index (χ0n) is 18.5. The summed E-state index contributed by atoms with van der Waals surface area (Å²) >= 11 is 9.12. The van der Waals surface area contributed by atoms with Gasteiger partial charge in [0, 0.05) is 33.9 Å². The van der Waals surface area contributed by atoms with Crippen LogP contribution in [-0.2, 0) is 14.8 Å². The molecule has 0 N–H and O–H groups in total. The molecule has 3 heterocycles. The Morgan fingerprint density at radius 1 is 0.971 bits per heavy atom. The van der Waals surface area contributed by atoms with Crippen LogP contribution in [0.3, 0.4) is 0 Å². The molecule has 2 aromatic heterocycles. The Morgan fingerprint density at radius 3 is 2.40 bits per heavy atom. The van der Waals surface area contributed by atoms with Gasteiger partial charge in [0.05, 0.1) is 35.7 Å². The first-order valence-corrected chi connectivity index (χ1v) is 14.4. The summed E-state index contributed by atoms with van der Waals surface area (Å²) in [6.45, 7) is 1.54. The molecule has 0 radical (unpaired) electrons. The molecule has 0 atom stereocenters. The molecule has 1 aliphatic heterocycles. The van der Waals surface area contributed by atoms with Crippen molar-refractivity contribution in [3.05, 3.63) is 86.1 Å². The van der Waals surface area contributed by atoms with Crippen molar-refractivity contribution in [3.63, 3.8) is 0 Å². The summed E-state index contributed by atoms with van der Waals surface area (Å²) in [4.78, 5) is 6.68. The summed E-state index contributed by atoms with van der Waals surface area (Å²) in [5.41, 5.74) is 2.47. The molecule has 11 heteroatoms. The van der Waals surface area contributed by atoms with Gasteiger partial charge in [0.1, 0.15) is 0 Å². The van der Waals surface area contributed by atoms with E-state index in [1.807, 2.05) is 47.2 Å². The fourth-order valence-electron chi connectivity index (χ4n) is 3.53. The first kappa shape index (κ1) is 24.1. The number of thiophene rings is 1. The molecule has 0 unspecified atom stereocenters. The maximum absolute atomic E-state index is 12.9. The number of rotatable bonds is 6. The van der Waals surface area contributed by atoms with E-state index in [1.54, 1.807) is 46.5 Å².